The van der Waals surface area contributed by atoms with E-state index in [9.17, 15) is 14.7 Å². The molecule has 8 nitrogen and oxygen atoms in total. The predicted molar refractivity (Wildman–Crippen MR) is 118 cm³/mol. The van der Waals surface area contributed by atoms with Crippen molar-refractivity contribution in [1.82, 2.24) is 14.9 Å². The van der Waals surface area contributed by atoms with Crippen LogP contribution >= 0.6 is 0 Å². The fraction of sp³-hybridized carbons (Fsp3) is 0.125. The second kappa shape index (κ2) is 7.21. The van der Waals surface area contributed by atoms with Gasteiger partial charge in [0.25, 0.3) is 5.91 Å². The van der Waals surface area contributed by atoms with Crippen LogP contribution in [0.2, 0.25) is 0 Å². The van der Waals surface area contributed by atoms with Gasteiger partial charge in [-0.1, -0.05) is 54.1 Å². The Kier molecular flexibility index (Phi) is 4.45. The van der Waals surface area contributed by atoms with Gasteiger partial charge in [0.1, 0.15) is 0 Å². The number of aryl methyl sites for hydroxylation is 1. The van der Waals surface area contributed by atoms with Gasteiger partial charge >= 0.3 is 6.09 Å². The molecule has 0 saturated carbocycles. The summed E-state index contributed by atoms with van der Waals surface area (Å²) in [5.41, 5.74) is 2.75. The number of rotatable bonds is 4. The van der Waals surface area contributed by atoms with Crippen molar-refractivity contribution in [3.63, 3.8) is 0 Å². The Balaban J connectivity index is 1.64. The molecule has 0 bridgehead atoms. The molecule has 0 fully saturated rings. The normalized spacial score (nSPS) is 17.6. The first kappa shape index (κ1) is 19.8. The molecule has 1 aromatic heterocycles. The monoisotopic (exact) mass is 428 g/mol. The summed E-state index contributed by atoms with van der Waals surface area (Å²) in [6, 6.07) is 19.9. The molecule has 1 aliphatic rings. The van der Waals surface area contributed by atoms with Crippen molar-refractivity contribution in [1.29, 1.82) is 0 Å². The van der Waals surface area contributed by atoms with Gasteiger partial charge in [-0.25, -0.2) is 9.78 Å². The van der Waals surface area contributed by atoms with Gasteiger partial charge in [0.2, 0.25) is 5.95 Å². The first-order valence-corrected chi connectivity index (χ1v) is 10.1. The van der Waals surface area contributed by atoms with E-state index in [1.54, 1.807) is 42.5 Å². The van der Waals surface area contributed by atoms with Gasteiger partial charge in [-0.2, -0.15) is 0 Å². The number of hydrogen-bond donors (Lipinski definition) is 4. The maximum absolute atomic E-state index is 13.3. The summed E-state index contributed by atoms with van der Waals surface area (Å²) >= 11 is 0. The fourth-order valence-electron chi connectivity index (χ4n) is 4.29. The minimum Gasteiger partial charge on any atom is -0.465 e. The number of aliphatic hydroxyl groups is 1. The number of anilines is 1. The van der Waals surface area contributed by atoms with E-state index in [2.05, 4.69) is 15.3 Å². The first-order valence-electron chi connectivity index (χ1n) is 10.1. The van der Waals surface area contributed by atoms with Crippen LogP contribution in [-0.4, -0.2) is 37.1 Å². The number of benzene rings is 3. The number of carbonyl (C=O) groups excluding carboxylic acids is 1. The molecule has 0 saturated heterocycles. The number of nitrogens with zero attached hydrogens (tertiary/aromatic N) is 2. The van der Waals surface area contributed by atoms with Crippen molar-refractivity contribution in [2.45, 2.75) is 19.2 Å². The Bertz CT molecular complexity index is 1380. The van der Waals surface area contributed by atoms with E-state index in [0.29, 0.717) is 27.7 Å². The van der Waals surface area contributed by atoms with Crippen molar-refractivity contribution in [3.05, 3.63) is 94.5 Å². The zero-order valence-electron chi connectivity index (χ0n) is 17.2. The topological polar surface area (TPSA) is 119 Å². The summed E-state index contributed by atoms with van der Waals surface area (Å²) in [5, 5.41) is 23.2. The van der Waals surface area contributed by atoms with Crippen LogP contribution in [0.5, 0.6) is 0 Å². The summed E-state index contributed by atoms with van der Waals surface area (Å²) < 4.78 is 0. The van der Waals surface area contributed by atoms with Crippen LogP contribution in [0, 0.1) is 6.92 Å². The van der Waals surface area contributed by atoms with E-state index >= 15 is 0 Å². The van der Waals surface area contributed by atoms with Crippen LogP contribution in [0.3, 0.4) is 0 Å². The quantitative estimate of drug-likeness (QED) is 0.394. The number of carbonyl (C=O) groups is 2. The van der Waals surface area contributed by atoms with Crippen molar-refractivity contribution in [3.8, 4) is 0 Å². The van der Waals surface area contributed by atoms with Gasteiger partial charge in [-0.15, -0.1) is 0 Å². The van der Waals surface area contributed by atoms with Crippen LogP contribution in [0.25, 0.3) is 11.0 Å². The number of fused-ring (bicyclic) bond motifs is 2. The van der Waals surface area contributed by atoms with Crippen LogP contribution in [-0.2, 0) is 12.3 Å². The Morgan fingerprint density at radius 3 is 2.72 bits per heavy atom. The van der Waals surface area contributed by atoms with E-state index in [-0.39, 0.29) is 18.4 Å². The maximum Gasteiger partial charge on any atom is 0.411 e. The van der Waals surface area contributed by atoms with E-state index in [1.165, 1.54) is 4.90 Å². The first-order chi connectivity index (χ1) is 15.4. The number of nitrogens with one attached hydrogen (secondary N) is 2. The number of amides is 2. The van der Waals surface area contributed by atoms with Crippen LogP contribution in [0.15, 0.2) is 66.7 Å². The zero-order chi connectivity index (χ0) is 22.5. The summed E-state index contributed by atoms with van der Waals surface area (Å²) in [7, 11) is 0. The lowest BCUT2D eigenvalue weighted by molar-refractivity contribution is -0.0542. The van der Waals surface area contributed by atoms with E-state index in [1.807, 2.05) is 31.2 Å². The highest BCUT2D eigenvalue weighted by Crippen LogP contribution is 2.43. The largest absolute Gasteiger partial charge is 0.465 e. The molecule has 0 spiro atoms. The highest BCUT2D eigenvalue weighted by Gasteiger charge is 2.49. The van der Waals surface area contributed by atoms with Gasteiger partial charge in [0, 0.05) is 23.2 Å². The van der Waals surface area contributed by atoms with Crippen molar-refractivity contribution in [2.24, 2.45) is 0 Å². The number of hydrogen-bond acceptors (Lipinski definition) is 4. The Morgan fingerprint density at radius 2 is 1.94 bits per heavy atom. The van der Waals surface area contributed by atoms with Gasteiger partial charge in [0.15, 0.2) is 5.72 Å². The molecule has 32 heavy (non-hydrogen) atoms. The number of aromatic amines is 1. The highest BCUT2D eigenvalue weighted by molar-refractivity contribution is 6.00. The van der Waals surface area contributed by atoms with Crippen LogP contribution in [0.4, 0.5) is 10.7 Å². The lowest BCUT2D eigenvalue weighted by Crippen LogP contribution is -2.44. The standard InChI is InChI=1S/C24H20N4O4/c1-14-5-4-6-15(11-14)13-28-21(29)17-7-2-3-8-18(17)24(28,32)16-9-10-19-20(12-16)26-22(25-19)27-23(30)31/h2-12,32H,13H2,1H3,(H,30,31)(H2,25,26,27). The molecule has 0 aliphatic carbocycles. The molecule has 160 valence electrons. The van der Waals surface area contributed by atoms with Gasteiger partial charge < -0.3 is 15.2 Å². The minimum absolute atomic E-state index is 0.0798. The Morgan fingerprint density at radius 1 is 1.12 bits per heavy atom. The third-order valence-corrected chi connectivity index (χ3v) is 5.70. The van der Waals surface area contributed by atoms with Crippen LogP contribution in [0.1, 0.15) is 32.6 Å². The fourth-order valence-corrected chi connectivity index (χ4v) is 4.29. The molecule has 4 aromatic rings. The number of aromatic nitrogens is 2. The van der Waals surface area contributed by atoms with Gasteiger partial charge in [-0.3, -0.25) is 15.0 Å². The molecule has 3 aromatic carbocycles. The van der Waals surface area contributed by atoms with E-state index in [0.717, 1.165) is 11.1 Å². The molecule has 8 heteroatoms. The SMILES string of the molecule is Cc1cccc(CN2C(=O)c3ccccc3C2(O)c2ccc3nc(NC(=O)O)[nH]c3c2)c1. The van der Waals surface area contributed by atoms with E-state index in [4.69, 9.17) is 5.11 Å². The zero-order valence-corrected chi connectivity index (χ0v) is 17.2. The Hall–Kier alpha value is -4.17. The van der Waals surface area contributed by atoms with Crippen LogP contribution < -0.4 is 5.32 Å². The van der Waals surface area contributed by atoms with E-state index < -0.39 is 11.8 Å². The Labute approximate surface area is 183 Å². The van der Waals surface area contributed by atoms with Crippen molar-refractivity contribution >= 4 is 29.0 Å². The molecular formula is C24H20N4O4. The highest BCUT2D eigenvalue weighted by atomic mass is 16.4. The minimum atomic E-state index is -1.70. The summed E-state index contributed by atoms with van der Waals surface area (Å²) in [6.45, 7) is 2.20. The summed E-state index contributed by atoms with van der Waals surface area (Å²) in [4.78, 5) is 32.8. The average molecular weight is 428 g/mol. The number of H-pyrrole nitrogens is 1. The maximum atomic E-state index is 13.3. The molecular weight excluding hydrogens is 408 g/mol. The smallest absolute Gasteiger partial charge is 0.411 e. The number of imidazole rings is 1. The van der Waals surface area contributed by atoms with Crippen molar-refractivity contribution in [2.75, 3.05) is 5.32 Å². The lowest BCUT2D eigenvalue weighted by Gasteiger charge is -2.35. The molecule has 1 atom stereocenters. The third kappa shape index (κ3) is 3.09. The molecule has 2 heterocycles. The summed E-state index contributed by atoms with van der Waals surface area (Å²) in [5.74, 6) is -0.182. The second-order valence-corrected chi connectivity index (χ2v) is 7.85. The molecule has 5 rings (SSSR count). The molecule has 0 radical (unpaired) electrons. The second-order valence-electron chi connectivity index (χ2n) is 7.85. The predicted octanol–water partition coefficient (Wildman–Crippen LogP) is 3.81. The molecule has 1 aliphatic heterocycles. The molecule has 2 amide bonds. The van der Waals surface area contributed by atoms with Crippen molar-refractivity contribution < 1.29 is 19.8 Å². The number of carboxylic acid groups (broad SMARTS) is 1. The molecule has 1 unspecified atom stereocenters. The third-order valence-electron chi connectivity index (χ3n) is 5.70. The summed E-state index contributed by atoms with van der Waals surface area (Å²) in [6.07, 6.45) is -1.23. The lowest BCUT2D eigenvalue weighted by atomic mass is 9.93. The average Bonchev–Trinajstić information content (AvgIpc) is 3.25. The van der Waals surface area contributed by atoms with Gasteiger partial charge in [-0.05, 0) is 30.7 Å². The van der Waals surface area contributed by atoms with Gasteiger partial charge in [0.05, 0.1) is 11.0 Å². The molecule has 4 N–H and O–H groups in total.